The van der Waals surface area contributed by atoms with Crippen molar-refractivity contribution in [1.29, 1.82) is 0 Å². The lowest BCUT2D eigenvalue weighted by atomic mass is 10.0. The molecular weight excluding hydrogens is 346 g/mol. The third-order valence-electron chi connectivity index (χ3n) is 5.47. The van der Waals surface area contributed by atoms with Crippen molar-refractivity contribution in [2.75, 3.05) is 13.1 Å². The molecule has 1 saturated heterocycles. The Bertz CT molecular complexity index is 853. The fraction of sp³-hybridized carbons (Fsp3) is 0.292. The van der Waals surface area contributed by atoms with E-state index in [9.17, 15) is 4.79 Å². The zero-order valence-electron chi connectivity index (χ0n) is 16.1. The van der Waals surface area contributed by atoms with Crippen LogP contribution >= 0.6 is 0 Å². The lowest BCUT2D eigenvalue weighted by Crippen LogP contribution is -2.46. The van der Waals surface area contributed by atoms with Gasteiger partial charge in [-0.15, -0.1) is 0 Å². The molecule has 1 aliphatic heterocycles. The Balaban J connectivity index is 1.36. The maximum Gasteiger partial charge on any atom is 0.247 e. The normalized spacial score (nSPS) is 16.6. The van der Waals surface area contributed by atoms with Crippen molar-refractivity contribution in [1.82, 2.24) is 14.8 Å². The quantitative estimate of drug-likeness (QED) is 0.712. The van der Waals surface area contributed by atoms with Gasteiger partial charge in [-0.25, -0.2) is 0 Å². The van der Waals surface area contributed by atoms with Gasteiger partial charge < -0.3 is 9.88 Å². The molecule has 0 unspecified atom stereocenters. The van der Waals surface area contributed by atoms with Crippen molar-refractivity contribution >= 4 is 5.91 Å². The molecule has 2 aromatic carbocycles. The average molecular weight is 374 g/mol. The van der Waals surface area contributed by atoms with Crippen LogP contribution in [0.25, 0.3) is 0 Å². The van der Waals surface area contributed by atoms with E-state index in [1.54, 1.807) is 0 Å². The minimum atomic E-state index is -0.321. The van der Waals surface area contributed by atoms with E-state index in [1.807, 2.05) is 59.4 Å². The molecular formula is C24H27N3O. The maximum absolute atomic E-state index is 13.1. The number of piperidine rings is 1. The molecule has 1 amide bonds. The van der Waals surface area contributed by atoms with Gasteiger partial charge in [0.25, 0.3) is 0 Å². The van der Waals surface area contributed by atoms with Crippen LogP contribution in [-0.4, -0.2) is 34.5 Å². The number of hydrogen-bond donors (Lipinski definition) is 1. The van der Waals surface area contributed by atoms with Crippen LogP contribution in [0.2, 0.25) is 0 Å². The Labute approximate surface area is 166 Å². The topological polar surface area (TPSA) is 37.3 Å². The molecule has 0 saturated carbocycles. The summed E-state index contributed by atoms with van der Waals surface area (Å²) in [6.07, 6.45) is 5.90. The van der Waals surface area contributed by atoms with Crippen molar-refractivity contribution in [3.8, 4) is 0 Å². The SMILES string of the molecule is O=C(NC1CCN(Cc2ccccc2)CC1)[C@H](c1ccccc1)n1cccc1. The molecule has 1 aromatic heterocycles. The zero-order valence-corrected chi connectivity index (χ0v) is 16.1. The maximum atomic E-state index is 13.1. The molecule has 4 nitrogen and oxygen atoms in total. The van der Waals surface area contributed by atoms with E-state index in [0.717, 1.165) is 38.0 Å². The van der Waals surface area contributed by atoms with Gasteiger partial charge in [-0.05, 0) is 36.1 Å². The summed E-state index contributed by atoms with van der Waals surface area (Å²) >= 11 is 0. The molecule has 4 heteroatoms. The molecule has 0 spiro atoms. The number of nitrogens with zero attached hydrogens (tertiary/aromatic N) is 2. The molecule has 0 aliphatic carbocycles. The van der Waals surface area contributed by atoms with E-state index in [4.69, 9.17) is 0 Å². The van der Waals surface area contributed by atoms with Crippen molar-refractivity contribution in [2.45, 2.75) is 31.5 Å². The van der Waals surface area contributed by atoms with E-state index in [1.165, 1.54) is 5.56 Å². The van der Waals surface area contributed by atoms with Gasteiger partial charge in [-0.3, -0.25) is 9.69 Å². The predicted molar refractivity (Wildman–Crippen MR) is 112 cm³/mol. The van der Waals surface area contributed by atoms with Gasteiger partial charge in [0.15, 0.2) is 0 Å². The molecule has 0 radical (unpaired) electrons. The molecule has 1 N–H and O–H groups in total. The summed E-state index contributed by atoms with van der Waals surface area (Å²) in [4.78, 5) is 15.6. The highest BCUT2D eigenvalue weighted by Gasteiger charge is 2.26. The highest BCUT2D eigenvalue weighted by atomic mass is 16.2. The molecule has 3 aromatic rings. The van der Waals surface area contributed by atoms with Crippen molar-refractivity contribution < 1.29 is 4.79 Å². The van der Waals surface area contributed by atoms with Crippen molar-refractivity contribution in [3.63, 3.8) is 0 Å². The number of rotatable bonds is 6. The first-order valence-corrected chi connectivity index (χ1v) is 10.0. The third-order valence-corrected chi connectivity index (χ3v) is 5.47. The van der Waals surface area contributed by atoms with Gasteiger partial charge in [0.2, 0.25) is 5.91 Å². The smallest absolute Gasteiger partial charge is 0.247 e. The van der Waals surface area contributed by atoms with Crippen LogP contribution in [0.4, 0.5) is 0 Å². The van der Waals surface area contributed by atoms with Crippen LogP contribution in [0.5, 0.6) is 0 Å². The fourth-order valence-electron chi connectivity index (χ4n) is 3.97. The van der Waals surface area contributed by atoms with Gasteiger partial charge in [0, 0.05) is 38.1 Å². The largest absolute Gasteiger partial charge is 0.351 e. The first kappa shape index (κ1) is 18.5. The standard InChI is InChI=1S/C24H27N3O/c28-24(23(27-15-7-8-16-27)21-11-5-2-6-12-21)25-22-13-17-26(18-14-22)19-20-9-3-1-4-10-20/h1-12,15-16,22-23H,13-14,17-19H2,(H,25,28)/t23-/m0/s1. The average Bonchev–Trinajstić information content (AvgIpc) is 3.25. The van der Waals surface area contributed by atoms with Crippen LogP contribution < -0.4 is 5.32 Å². The molecule has 2 heterocycles. The molecule has 1 fully saturated rings. The highest BCUT2D eigenvalue weighted by Crippen LogP contribution is 2.20. The number of hydrogen-bond acceptors (Lipinski definition) is 2. The van der Waals surface area contributed by atoms with Gasteiger partial charge in [-0.1, -0.05) is 60.7 Å². The van der Waals surface area contributed by atoms with Crippen molar-refractivity contribution in [2.24, 2.45) is 0 Å². The van der Waals surface area contributed by atoms with Gasteiger partial charge in [0.05, 0.1) is 0 Å². The fourth-order valence-corrected chi connectivity index (χ4v) is 3.97. The molecule has 1 aliphatic rings. The van der Waals surface area contributed by atoms with E-state index >= 15 is 0 Å². The van der Waals surface area contributed by atoms with Crippen LogP contribution in [0, 0.1) is 0 Å². The molecule has 144 valence electrons. The third kappa shape index (κ3) is 4.52. The second-order valence-electron chi connectivity index (χ2n) is 7.49. The second-order valence-corrected chi connectivity index (χ2v) is 7.49. The van der Waals surface area contributed by atoms with E-state index in [-0.39, 0.29) is 18.0 Å². The van der Waals surface area contributed by atoms with Gasteiger partial charge in [0.1, 0.15) is 6.04 Å². The number of aromatic nitrogens is 1. The first-order valence-electron chi connectivity index (χ1n) is 10.0. The predicted octanol–water partition coefficient (Wildman–Crippen LogP) is 3.86. The minimum Gasteiger partial charge on any atom is -0.351 e. The van der Waals surface area contributed by atoms with Crippen LogP contribution in [0.1, 0.15) is 30.0 Å². The molecule has 1 atom stereocenters. The summed E-state index contributed by atoms with van der Waals surface area (Å²) < 4.78 is 1.98. The van der Waals surface area contributed by atoms with E-state index < -0.39 is 0 Å². The Kier molecular flexibility index (Phi) is 5.88. The molecule has 4 rings (SSSR count). The summed E-state index contributed by atoms with van der Waals surface area (Å²) in [5, 5.41) is 3.30. The minimum absolute atomic E-state index is 0.0731. The molecule has 0 bridgehead atoms. The number of carbonyl (C=O) groups is 1. The number of likely N-dealkylation sites (tertiary alicyclic amines) is 1. The van der Waals surface area contributed by atoms with E-state index in [2.05, 4.69) is 40.5 Å². The number of carbonyl (C=O) groups excluding carboxylic acids is 1. The monoisotopic (exact) mass is 373 g/mol. The Morgan fingerprint density at radius 2 is 1.50 bits per heavy atom. The lowest BCUT2D eigenvalue weighted by Gasteiger charge is -2.33. The van der Waals surface area contributed by atoms with Crippen LogP contribution in [-0.2, 0) is 11.3 Å². The number of amides is 1. The van der Waals surface area contributed by atoms with Crippen LogP contribution in [0.15, 0.2) is 85.2 Å². The Morgan fingerprint density at radius 1 is 0.893 bits per heavy atom. The molecule has 28 heavy (non-hydrogen) atoms. The summed E-state index contributed by atoms with van der Waals surface area (Å²) in [5.74, 6) is 0.0731. The summed E-state index contributed by atoms with van der Waals surface area (Å²) in [5.41, 5.74) is 2.36. The highest BCUT2D eigenvalue weighted by molar-refractivity contribution is 5.83. The summed E-state index contributed by atoms with van der Waals surface area (Å²) in [7, 11) is 0. The van der Waals surface area contributed by atoms with E-state index in [0.29, 0.717) is 0 Å². The number of nitrogens with one attached hydrogen (secondary N) is 1. The first-order chi connectivity index (χ1) is 13.8. The zero-order chi connectivity index (χ0) is 19.2. The van der Waals surface area contributed by atoms with Gasteiger partial charge in [-0.2, -0.15) is 0 Å². The number of benzene rings is 2. The Morgan fingerprint density at radius 3 is 2.14 bits per heavy atom. The van der Waals surface area contributed by atoms with Crippen LogP contribution in [0.3, 0.4) is 0 Å². The Hall–Kier alpha value is -2.85. The summed E-state index contributed by atoms with van der Waals surface area (Å²) in [6, 6.07) is 24.4. The summed E-state index contributed by atoms with van der Waals surface area (Å²) in [6.45, 7) is 3.01. The van der Waals surface area contributed by atoms with Crippen molar-refractivity contribution in [3.05, 3.63) is 96.3 Å². The lowest BCUT2D eigenvalue weighted by molar-refractivity contribution is -0.124. The second kappa shape index (κ2) is 8.89. The van der Waals surface area contributed by atoms with Gasteiger partial charge >= 0.3 is 0 Å².